The standard InChI is InChI=1S/C41H24N6/c1-3-9-25(10-4-1)45-33-14-8-7-13-27(33)29-21-30-38(22-37(29)45)46(26-11-5-2-6-12-26)36-16-15-28-39(40(30)36)31-23-42-19-17-34(31)47-35-18-20-43-24-32(35)44-41(28)47/h1-24H. The molecule has 0 saturated heterocycles. The van der Waals surface area contributed by atoms with Crippen LogP contribution in [0.1, 0.15) is 0 Å². The van der Waals surface area contributed by atoms with Gasteiger partial charge in [-0.1, -0.05) is 54.6 Å². The molecule has 0 radical (unpaired) electrons. The predicted octanol–water partition coefficient (Wildman–Crippen LogP) is 9.78. The number of para-hydroxylation sites is 3. The Balaban J connectivity index is 1.41. The molecule has 0 aliphatic heterocycles. The Labute approximate surface area is 267 Å². The number of aromatic nitrogens is 6. The van der Waals surface area contributed by atoms with E-state index in [2.05, 4.69) is 139 Å². The third-order valence-electron chi connectivity index (χ3n) is 9.76. The third-order valence-corrected chi connectivity index (χ3v) is 9.76. The highest BCUT2D eigenvalue weighted by Gasteiger charge is 2.22. The molecule has 6 heteroatoms. The molecular weight excluding hydrogens is 576 g/mol. The van der Waals surface area contributed by atoms with Crippen LogP contribution in [-0.4, -0.2) is 28.5 Å². The maximum absolute atomic E-state index is 5.14. The van der Waals surface area contributed by atoms with Crippen molar-refractivity contribution in [3.63, 3.8) is 0 Å². The lowest BCUT2D eigenvalue weighted by Crippen LogP contribution is -1.96. The van der Waals surface area contributed by atoms with Crippen LogP contribution >= 0.6 is 0 Å². The average Bonchev–Trinajstić information content (AvgIpc) is 3.79. The van der Waals surface area contributed by atoms with E-state index >= 15 is 0 Å². The van der Waals surface area contributed by atoms with Gasteiger partial charge in [-0.15, -0.1) is 0 Å². The molecule has 6 heterocycles. The Morgan fingerprint density at radius 2 is 1.09 bits per heavy atom. The highest BCUT2D eigenvalue weighted by molar-refractivity contribution is 6.32. The summed E-state index contributed by atoms with van der Waals surface area (Å²) in [5.41, 5.74) is 10.8. The Kier molecular flexibility index (Phi) is 4.75. The van der Waals surface area contributed by atoms with Crippen LogP contribution in [0.15, 0.2) is 146 Å². The van der Waals surface area contributed by atoms with E-state index in [-0.39, 0.29) is 0 Å². The molecule has 0 unspecified atom stereocenters. The van der Waals surface area contributed by atoms with Gasteiger partial charge in [0.25, 0.3) is 0 Å². The van der Waals surface area contributed by atoms with Gasteiger partial charge in [0.15, 0.2) is 0 Å². The first-order chi connectivity index (χ1) is 23.3. The van der Waals surface area contributed by atoms with E-state index in [4.69, 9.17) is 4.98 Å². The second kappa shape index (κ2) is 9.02. The average molecular weight is 601 g/mol. The third kappa shape index (κ3) is 3.21. The molecule has 47 heavy (non-hydrogen) atoms. The molecule has 6 nitrogen and oxygen atoms in total. The summed E-state index contributed by atoms with van der Waals surface area (Å²) in [6.45, 7) is 0. The maximum Gasteiger partial charge on any atom is 0.146 e. The van der Waals surface area contributed by atoms with Crippen LogP contribution in [0, 0.1) is 0 Å². The summed E-state index contributed by atoms with van der Waals surface area (Å²) >= 11 is 0. The molecule has 0 N–H and O–H groups in total. The topological polar surface area (TPSA) is 52.9 Å². The summed E-state index contributed by atoms with van der Waals surface area (Å²) in [5.74, 6) is 0. The number of hydrogen-bond acceptors (Lipinski definition) is 3. The highest BCUT2D eigenvalue weighted by Crippen LogP contribution is 2.44. The summed E-state index contributed by atoms with van der Waals surface area (Å²) in [5, 5.41) is 8.20. The van der Waals surface area contributed by atoms with E-state index < -0.39 is 0 Å². The minimum Gasteiger partial charge on any atom is -0.309 e. The SMILES string of the molecule is c1ccc(-n2c3ccccc3c3cc4c5c6c7cnccc7n7c8ccncc8nc7c6ccc5n(-c5ccccc5)c4cc32)cc1. The van der Waals surface area contributed by atoms with Crippen molar-refractivity contribution in [2.24, 2.45) is 0 Å². The van der Waals surface area contributed by atoms with Crippen LogP contribution < -0.4 is 0 Å². The second-order valence-electron chi connectivity index (χ2n) is 12.2. The van der Waals surface area contributed by atoms with Crippen LogP contribution in [0.5, 0.6) is 0 Å². The van der Waals surface area contributed by atoms with Gasteiger partial charge in [-0.2, -0.15) is 0 Å². The first-order valence-electron chi connectivity index (χ1n) is 15.8. The van der Waals surface area contributed by atoms with Crippen molar-refractivity contribution in [3.8, 4) is 11.4 Å². The fourth-order valence-electron chi connectivity index (χ4n) is 7.88. The van der Waals surface area contributed by atoms with Crippen molar-refractivity contribution in [3.05, 3.63) is 146 Å². The Morgan fingerprint density at radius 1 is 0.404 bits per heavy atom. The highest BCUT2D eigenvalue weighted by atomic mass is 15.0. The van der Waals surface area contributed by atoms with Crippen molar-refractivity contribution in [1.29, 1.82) is 0 Å². The molecule has 0 bridgehead atoms. The first-order valence-corrected chi connectivity index (χ1v) is 15.8. The number of imidazole rings is 1. The second-order valence-corrected chi connectivity index (χ2v) is 12.2. The Morgan fingerprint density at radius 3 is 1.89 bits per heavy atom. The quantitative estimate of drug-likeness (QED) is 0.186. The maximum atomic E-state index is 5.14. The zero-order valence-corrected chi connectivity index (χ0v) is 25.0. The Bertz CT molecular complexity index is 3060. The summed E-state index contributed by atoms with van der Waals surface area (Å²) in [4.78, 5) is 14.2. The molecule has 5 aromatic carbocycles. The van der Waals surface area contributed by atoms with Gasteiger partial charge in [-0.3, -0.25) is 14.4 Å². The van der Waals surface area contributed by atoms with Gasteiger partial charge >= 0.3 is 0 Å². The van der Waals surface area contributed by atoms with Gasteiger partial charge < -0.3 is 9.13 Å². The number of benzene rings is 5. The molecule has 0 amide bonds. The van der Waals surface area contributed by atoms with Gasteiger partial charge in [-0.25, -0.2) is 4.98 Å². The van der Waals surface area contributed by atoms with Crippen LogP contribution in [0.4, 0.5) is 0 Å². The molecule has 218 valence electrons. The summed E-state index contributed by atoms with van der Waals surface area (Å²) in [6, 6.07) is 43.5. The van der Waals surface area contributed by atoms with Crippen LogP contribution in [0.2, 0.25) is 0 Å². The normalized spacial score (nSPS) is 12.3. The summed E-state index contributed by atoms with van der Waals surface area (Å²) in [6.07, 6.45) is 7.56. The largest absolute Gasteiger partial charge is 0.309 e. The van der Waals surface area contributed by atoms with Gasteiger partial charge in [0.05, 0.1) is 39.3 Å². The number of hydrogen-bond donors (Lipinski definition) is 0. The smallest absolute Gasteiger partial charge is 0.146 e. The lowest BCUT2D eigenvalue weighted by molar-refractivity contribution is 1.16. The molecule has 0 spiro atoms. The van der Waals surface area contributed by atoms with E-state index in [0.29, 0.717) is 0 Å². The Hall–Kier alpha value is -6.53. The molecular formula is C41H24N6. The molecule has 11 aromatic rings. The number of fused-ring (bicyclic) bond motifs is 15. The number of rotatable bonds is 2. The van der Waals surface area contributed by atoms with E-state index in [1.165, 1.54) is 32.6 Å². The molecule has 0 aliphatic rings. The lowest BCUT2D eigenvalue weighted by atomic mass is 10.00. The van der Waals surface area contributed by atoms with Gasteiger partial charge in [0.2, 0.25) is 0 Å². The van der Waals surface area contributed by atoms with Gasteiger partial charge in [0.1, 0.15) is 11.2 Å². The van der Waals surface area contributed by atoms with Crippen molar-refractivity contribution in [1.82, 2.24) is 28.5 Å². The predicted molar refractivity (Wildman–Crippen MR) is 192 cm³/mol. The molecule has 0 saturated carbocycles. The van der Waals surface area contributed by atoms with Gasteiger partial charge in [0, 0.05) is 67.7 Å². The summed E-state index contributed by atoms with van der Waals surface area (Å²) in [7, 11) is 0. The minimum atomic E-state index is 0.875. The summed E-state index contributed by atoms with van der Waals surface area (Å²) < 4.78 is 7.06. The molecule has 0 aliphatic carbocycles. The monoisotopic (exact) mass is 600 g/mol. The zero-order chi connectivity index (χ0) is 30.6. The minimum absolute atomic E-state index is 0.875. The van der Waals surface area contributed by atoms with E-state index in [9.17, 15) is 0 Å². The van der Waals surface area contributed by atoms with Crippen molar-refractivity contribution in [2.75, 3.05) is 0 Å². The van der Waals surface area contributed by atoms with Crippen molar-refractivity contribution >= 4 is 82.0 Å². The van der Waals surface area contributed by atoms with E-state index in [1.54, 1.807) is 0 Å². The first kappa shape index (κ1) is 24.8. The number of nitrogens with zero attached hydrogens (tertiary/aromatic N) is 6. The lowest BCUT2D eigenvalue weighted by Gasteiger charge is -2.11. The van der Waals surface area contributed by atoms with Gasteiger partial charge in [-0.05, 0) is 66.7 Å². The molecule has 6 aromatic heterocycles. The fraction of sp³-hybridized carbons (Fsp3) is 0. The van der Waals surface area contributed by atoms with E-state index in [0.717, 1.165) is 60.8 Å². The van der Waals surface area contributed by atoms with Crippen LogP contribution in [0.25, 0.3) is 93.3 Å². The van der Waals surface area contributed by atoms with Crippen molar-refractivity contribution in [2.45, 2.75) is 0 Å². The zero-order valence-electron chi connectivity index (χ0n) is 25.0. The molecule has 0 atom stereocenters. The van der Waals surface area contributed by atoms with Crippen LogP contribution in [0.3, 0.4) is 0 Å². The van der Waals surface area contributed by atoms with E-state index in [1.807, 2.05) is 30.9 Å². The number of pyridine rings is 3. The molecule has 11 rings (SSSR count). The van der Waals surface area contributed by atoms with Crippen LogP contribution in [-0.2, 0) is 0 Å². The van der Waals surface area contributed by atoms with Crippen molar-refractivity contribution < 1.29 is 0 Å². The molecule has 0 fully saturated rings. The fourth-order valence-corrected chi connectivity index (χ4v) is 7.88.